The smallest absolute Gasteiger partial charge is 0.407 e. The zero-order valence-electron chi connectivity index (χ0n) is 11.7. The van der Waals surface area contributed by atoms with Crippen LogP contribution in [0, 0.1) is 5.92 Å². The van der Waals surface area contributed by atoms with E-state index in [0.29, 0.717) is 12.8 Å². The summed E-state index contributed by atoms with van der Waals surface area (Å²) in [6, 6.07) is 9.54. The number of carbonyl (C=O) groups is 2. The van der Waals surface area contributed by atoms with Crippen LogP contribution in [0.2, 0.25) is 0 Å². The summed E-state index contributed by atoms with van der Waals surface area (Å²) in [6.45, 7) is 3.72. The van der Waals surface area contributed by atoms with E-state index in [1.165, 1.54) is 7.11 Å². The molecule has 0 bridgehead atoms. The molecule has 4 nitrogen and oxygen atoms in total. The van der Waals surface area contributed by atoms with Gasteiger partial charge >= 0.3 is 6.09 Å². The molecule has 1 amide bonds. The maximum Gasteiger partial charge on any atom is 0.407 e. The lowest BCUT2D eigenvalue weighted by atomic mass is 9.97. The summed E-state index contributed by atoms with van der Waals surface area (Å²) in [6.07, 6.45) is 0.438. The zero-order chi connectivity index (χ0) is 14.3. The molecule has 0 aliphatic heterocycles. The van der Waals surface area contributed by atoms with Gasteiger partial charge in [0.05, 0.1) is 7.11 Å². The van der Waals surface area contributed by atoms with Crippen molar-refractivity contribution in [2.24, 2.45) is 5.92 Å². The highest BCUT2D eigenvalue weighted by Crippen LogP contribution is 2.09. The Bertz CT molecular complexity index is 415. The van der Waals surface area contributed by atoms with Crippen molar-refractivity contribution < 1.29 is 14.3 Å². The minimum absolute atomic E-state index is 0.0299. The topological polar surface area (TPSA) is 55.4 Å². The van der Waals surface area contributed by atoms with Crippen LogP contribution >= 0.6 is 0 Å². The summed E-state index contributed by atoms with van der Waals surface area (Å²) >= 11 is 0. The highest BCUT2D eigenvalue weighted by molar-refractivity contribution is 5.81. The summed E-state index contributed by atoms with van der Waals surface area (Å²) < 4.78 is 4.60. The third-order valence-corrected chi connectivity index (χ3v) is 2.92. The number of amides is 1. The predicted molar refractivity (Wildman–Crippen MR) is 73.9 cm³/mol. The number of hydrogen-bond donors (Lipinski definition) is 1. The number of Topliss-reactive ketones (excluding diaryl/α,β-unsaturated/α-hetero) is 1. The molecule has 0 aliphatic carbocycles. The molecule has 1 aromatic carbocycles. The SMILES string of the molecule is COC(=O)N[C@H](CC(=O)C(C)C)Cc1ccccc1. The van der Waals surface area contributed by atoms with Gasteiger partial charge in [-0.2, -0.15) is 0 Å². The fraction of sp³-hybridized carbons (Fsp3) is 0.467. The molecule has 0 spiro atoms. The van der Waals surface area contributed by atoms with Crippen molar-refractivity contribution >= 4 is 11.9 Å². The second-order valence-corrected chi connectivity index (χ2v) is 4.85. The Morgan fingerprint density at radius 2 is 1.84 bits per heavy atom. The number of rotatable bonds is 6. The normalized spacial score (nSPS) is 12.0. The zero-order valence-corrected chi connectivity index (χ0v) is 11.7. The standard InChI is InChI=1S/C15H21NO3/c1-11(2)14(17)10-13(16-15(18)19-3)9-12-7-5-4-6-8-12/h4-8,11,13H,9-10H2,1-3H3,(H,16,18)/t13-/m0/s1. The summed E-state index contributed by atoms with van der Waals surface area (Å²) in [5, 5.41) is 2.72. The molecule has 104 valence electrons. The first kappa shape index (κ1) is 15.2. The van der Waals surface area contributed by atoms with Crippen LogP contribution in [0.4, 0.5) is 4.79 Å². The number of alkyl carbamates (subject to hydrolysis) is 1. The van der Waals surface area contributed by atoms with Gasteiger partial charge in [-0.25, -0.2) is 4.79 Å². The Morgan fingerprint density at radius 1 is 1.21 bits per heavy atom. The molecule has 0 aromatic heterocycles. The average molecular weight is 263 g/mol. The number of methoxy groups -OCH3 is 1. The lowest BCUT2D eigenvalue weighted by molar-refractivity contribution is -0.122. The van der Waals surface area contributed by atoms with E-state index in [2.05, 4.69) is 10.1 Å². The first-order chi connectivity index (χ1) is 9.02. The third-order valence-electron chi connectivity index (χ3n) is 2.92. The van der Waals surface area contributed by atoms with Gasteiger partial charge in [0.2, 0.25) is 0 Å². The van der Waals surface area contributed by atoms with E-state index in [0.717, 1.165) is 5.56 Å². The molecule has 4 heteroatoms. The molecular formula is C15H21NO3. The highest BCUT2D eigenvalue weighted by atomic mass is 16.5. The van der Waals surface area contributed by atoms with Crippen LogP contribution in [0.25, 0.3) is 0 Å². The Kier molecular flexibility index (Phi) is 6.06. The summed E-state index contributed by atoms with van der Waals surface area (Å²) in [5.41, 5.74) is 1.08. The number of ketones is 1. The van der Waals surface area contributed by atoms with Gasteiger partial charge < -0.3 is 10.1 Å². The van der Waals surface area contributed by atoms with Crippen molar-refractivity contribution in [2.45, 2.75) is 32.7 Å². The highest BCUT2D eigenvalue weighted by Gasteiger charge is 2.18. The van der Waals surface area contributed by atoms with Crippen LogP contribution in [0.1, 0.15) is 25.8 Å². The van der Waals surface area contributed by atoms with E-state index >= 15 is 0 Å². The molecule has 0 saturated carbocycles. The number of carbonyl (C=O) groups excluding carboxylic acids is 2. The van der Waals surface area contributed by atoms with Gasteiger partial charge in [-0.05, 0) is 12.0 Å². The van der Waals surface area contributed by atoms with Crippen molar-refractivity contribution in [3.63, 3.8) is 0 Å². The fourth-order valence-corrected chi connectivity index (χ4v) is 1.78. The molecule has 0 fully saturated rings. The minimum atomic E-state index is -0.502. The summed E-state index contributed by atoms with van der Waals surface area (Å²) in [7, 11) is 1.32. The van der Waals surface area contributed by atoms with E-state index in [-0.39, 0.29) is 17.7 Å². The molecule has 0 radical (unpaired) electrons. The van der Waals surface area contributed by atoms with Crippen LogP contribution in [-0.2, 0) is 16.0 Å². The maximum atomic E-state index is 11.8. The Labute approximate surface area is 114 Å². The van der Waals surface area contributed by atoms with Gasteiger partial charge in [0, 0.05) is 18.4 Å². The van der Waals surface area contributed by atoms with E-state index < -0.39 is 6.09 Å². The summed E-state index contributed by atoms with van der Waals surface area (Å²) in [5.74, 6) is 0.107. The monoisotopic (exact) mass is 263 g/mol. The van der Waals surface area contributed by atoms with E-state index in [1.54, 1.807) is 0 Å². The average Bonchev–Trinajstić information content (AvgIpc) is 2.39. The van der Waals surface area contributed by atoms with Crippen LogP contribution < -0.4 is 5.32 Å². The number of nitrogens with one attached hydrogen (secondary N) is 1. The van der Waals surface area contributed by atoms with Crippen molar-refractivity contribution in [1.82, 2.24) is 5.32 Å². The quantitative estimate of drug-likeness (QED) is 0.858. The molecule has 0 heterocycles. The molecule has 0 saturated heterocycles. The largest absolute Gasteiger partial charge is 0.453 e. The van der Waals surface area contributed by atoms with Crippen LogP contribution in [0.5, 0.6) is 0 Å². The maximum absolute atomic E-state index is 11.8. The van der Waals surface area contributed by atoms with Gasteiger partial charge in [-0.15, -0.1) is 0 Å². The molecule has 0 unspecified atom stereocenters. The molecule has 0 aliphatic rings. The van der Waals surface area contributed by atoms with Crippen LogP contribution in [0.3, 0.4) is 0 Å². The minimum Gasteiger partial charge on any atom is -0.453 e. The number of benzene rings is 1. The van der Waals surface area contributed by atoms with Gasteiger partial charge in [-0.1, -0.05) is 44.2 Å². The van der Waals surface area contributed by atoms with E-state index in [9.17, 15) is 9.59 Å². The molecular weight excluding hydrogens is 242 g/mol. The Hall–Kier alpha value is -1.84. The Balaban J connectivity index is 2.69. The lowest BCUT2D eigenvalue weighted by Gasteiger charge is -2.18. The van der Waals surface area contributed by atoms with Gasteiger partial charge in [0.25, 0.3) is 0 Å². The lowest BCUT2D eigenvalue weighted by Crippen LogP contribution is -2.38. The van der Waals surface area contributed by atoms with Crippen LogP contribution in [0.15, 0.2) is 30.3 Å². The van der Waals surface area contributed by atoms with Crippen molar-refractivity contribution in [2.75, 3.05) is 7.11 Å². The van der Waals surface area contributed by atoms with Crippen LogP contribution in [-0.4, -0.2) is 25.0 Å². The van der Waals surface area contributed by atoms with Gasteiger partial charge in [0.1, 0.15) is 5.78 Å². The van der Waals surface area contributed by atoms with Gasteiger partial charge in [0.15, 0.2) is 0 Å². The van der Waals surface area contributed by atoms with Crippen molar-refractivity contribution in [3.05, 3.63) is 35.9 Å². The van der Waals surface area contributed by atoms with E-state index in [4.69, 9.17) is 0 Å². The molecule has 19 heavy (non-hydrogen) atoms. The summed E-state index contributed by atoms with van der Waals surface area (Å²) in [4.78, 5) is 23.1. The molecule has 1 N–H and O–H groups in total. The van der Waals surface area contributed by atoms with Crippen molar-refractivity contribution in [3.8, 4) is 0 Å². The van der Waals surface area contributed by atoms with E-state index in [1.807, 2.05) is 44.2 Å². The Morgan fingerprint density at radius 3 is 2.37 bits per heavy atom. The van der Waals surface area contributed by atoms with Crippen molar-refractivity contribution in [1.29, 1.82) is 0 Å². The second kappa shape index (κ2) is 7.56. The third kappa shape index (κ3) is 5.55. The first-order valence-electron chi connectivity index (χ1n) is 6.44. The molecule has 1 rings (SSSR count). The molecule has 1 atom stereocenters. The fourth-order valence-electron chi connectivity index (χ4n) is 1.78. The second-order valence-electron chi connectivity index (χ2n) is 4.85. The molecule has 1 aromatic rings. The number of hydrogen-bond acceptors (Lipinski definition) is 3. The number of ether oxygens (including phenoxy) is 1. The first-order valence-corrected chi connectivity index (χ1v) is 6.44. The van der Waals surface area contributed by atoms with Gasteiger partial charge in [-0.3, -0.25) is 4.79 Å². The predicted octanol–water partition coefficient (Wildman–Crippen LogP) is 2.57.